The van der Waals surface area contributed by atoms with Crippen LogP contribution in [-0.2, 0) is 19.2 Å². The van der Waals surface area contributed by atoms with Crippen molar-refractivity contribution >= 4 is 23.9 Å². The first-order chi connectivity index (χ1) is 11.1. The minimum absolute atomic E-state index is 0.0118. The molecule has 2 amide bonds. The lowest BCUT2D eigenvalue weighted by atomic mass is 9.89. The van der Waals surface area contributed by atoms with Gasteiger partial charge in [0.1, 0.15) is 5.78 Å². The number of hydrogen-bond donors (Lipinski definition) is 2. The molecule has 0 aliphatic carbocycles. The summed E-state index contributed by atoms with van der Waals surface area (Å²) in [5.41, 5.74) is 0. The number of amides is 2. The van der Waals surface area contributed by atoms with Crippen molar-refractivity contribution in [3.63, 3.8) is 0 Å². The zero-order valence-electron chi connectivity index (χ0n) is 15.7. The number of nitrogens with one attached hydrogen (secondary N) is 2. The Kier molecular flexibility index (Phi) is 10.2. The summed E-state index contributed by atoms with van der Waals surface area (Å²) >= 11 is 0. The smallest absolute Gasteiger partial charge is 0.223 e. The molecule has 138 valence electrons. The summed E-state index contributed by atoms with van der Waals surface area (Å²) in [6.45, 7) is 11.2. The van der Waals surface area contributed by atoms with Crippen molar-refractivity contribution in [3.05, 3.63) is 0 Å². The molecule has 6 nitrogen and oxygen atoms in total. The second-order valence-electron chi connectivity index (χ2n) is 7.21. The molecule has 0 aliphatic rings. The fourth-order valence-corrected chi connectivity index (χ4v) is 2.61. The Hall–Kier alpha value is -1.72. The van der Waals surface area contributed by atoms with Gasteiger partial charge in [0.25, 0.3) is 0 Å². The zero-order chi connectivity index (χ0) is 18.9. The van der Waals surface area contributed by atoms with Crippen LogP contribution in [0.4, 0.5) is 0 Å². The van der Waals surface area contributed by atoms with Gasteiger partial charge in [-0.05, 0) is 19.3 Å². The summed E-state index contributed by atoms with van der Waals surface area (Å²) in [7, 11) is 0. The van der Waals surface area contributed by atoms with Gasteiger partial charge >= 0.3 is 0 Å². The Morgan fingerprint density at radius 2 is 1.58 bits per heavy atom. The summed E-state index contributed by atoms with van der Waals surface area (Å²) in [4.78, 5) is 47.1. The molecule has 0 aromatic heterocycles. The van der Waals surface area contributed by atoms with E-state index < -0.39 is 12.0 Å². The fraction of sp³-hybridized carbons (Fsp3) is 0.778. The predicted molar refractivity (Wildman–Crippen MR) is 93.2 cm³/mol. The van der Waals surface area contributed by atoms with Crippen molar-refractivity contribution in [1.82, 2.24) is 10.6 Å². The van der Waals surface area contributed by atoms with Gasteiger partial charge in [-0.15, -0.1) is 0 Å². The van der Waals surface area contributed by atoms with E-state index in [1.165, 1.54) is 0 Å². The van der Waals surface area contributed by atoms with Gasteiger partial charge in [0, 0.05) is 30.7 Å². The number of carbonyl (C=O) groups excluding carboxylic acids is 4. The molecule has 6 heteroatoms. The monoisotopic (exact) mass is 340 g/mol. The lowest BCUT2D eigenvalue weighted by molar-refractivity contribution is -0.132. The Bertz CT molecular complexity index is 446. The molecule has 0 aliphatic heterocycles. The summed E-state index contributed by atoms with van der Waals surface area (Å²) in [5, 5.41) is 5.19. The first-order valence-electron chi connectivity index (χ1n) is 8.63. The third-order valence-electron chi connectivity index (χ3n) is 3.98. The summed E-state index contributed by atoms with van der Waals surface area (Å²) < 4.78 is 0. The van der Waals surface area contributed by atoms with E-state index in [-0.39, 0.29) is 42.3 Å². The maximum Gasteiger partial charge on any atom is 0.223 e. The molecule has 3 atom stereocenters. The summed E-state index contributed by atoms with van der Waals surface area (Å²) in [5.74, 6) is -0.954. The molecule has 2 N–H and O–H groups in total. The number of ketones is 2. The highest BCUT2D eigenvalue weighted by Crippen LogP contribution is 2.14. The highest BCUT2D eigenvalue weighted by Gasteiger charge is 2.27. The molecule has 0 unspecified atom stereocenters. The average molecular weight is 340 g/mol. The Morgan fingerprint density at radius 1 is 1.00 bits per heavy atom. The van der Waals surface area contributed by atoms with E-state index in [1.54, 1.807) is 20.8 Å². The van der Waals surface area contributed by atoms with Crippen molar-refractivity contribution in [2.75, 3.05) is 6.54 Å². The van der Waals surface area contributed by atoms with Crippen molar-refractivity contribution < 1.29 is 19.2 Å². The Balaban J connectivity index is 4.70. The van der Waals surface area contributed by atoms with Crippen LogP contribution in [-0.4, -0.2) is 36.5 Å². The molecular weight excluding hydrogens is 308 g/mol. The number of carbonyl (C=O) groups is 4. The highest BCUT2D eigenvalue weighted by molar-refractivity contribution is 5.93. The van der Waals surface area contributed by atoms with Gasteiger partial charge in [-0.25, -0.2) is 0 Å². The van der Waals surface area contributed by atoms with Gasteiger partial charge in [0.05, 0.1) is 6.04 Å². The molecule has 0 aromatic rings. The third kappa shape index (κ3) is 8.22. The second kappa shape index (κ2) is 10.9. The van der Waals surface area contributed by atoms with Crippen molar-refractivity contribution in [2.24, 2.45) is 23.7 Å². The first kappa shape index (κ1) is 22.3. The quantitative estimate of drug-likeness (QED) is 0.529. The van der Waals surface area contributed by atoms with Crippen molar-refractivity contribution in [3.8, 4) is 0 Å². The van der Waals surface area contributed by atoms with Gasteiger partial charge in [0.15, 0.2) is 5.78 Å². The van der Waals surface area contributed by atoms with Gasteiger partial charge in [-0.2, -0.15) is 0 Å². The molecule has 0 saturated heterocycles. The maximum absolute atomic E-state index is 12.3. The Morgan fingerprint density at radius 3 is 2.04 bits per heavy atom. The average Bonchev–Trinajstić information content (AvgIpc) is 2.49. The third-order valence-corrected chi connectivity index (χ3v) is 3.98. The van der Waals surface area contributed by atoms with Gasteiger partial charge in [-0.1, -0.05) is 34.6 Å². The number of Topliss-reactive ketones (excluding diaryl/α,β-unsaturated/α-hetero) is 2. The largest absolute Gasteiger partial charge is 0.358 e. The van der Waals surface area contributed by atoms with Gasteiger partial charge < -0.3 is 10.6 Å². The van der Waals surface area contributed by atoms with E-state index >= 15 is 0 Å². The van der Waals surface area contributed by atoms with Crippen molar-refractivity contribution in [2.45, 2.75) is 60.4 Å². The molecule has 0 bridgehead atoms. The summed E-state index contributed by atoms with van der Waals surface area (Å²) in [6, 6.07) is -0.647. The Labute approximate surface area is 145 Å². The summed E-state index contributed by atoms with van der Waals surface area (Å²) in [6.07, 6.45) is 1.28. The fourth-order valence-electron chi connectivity index (χ4n) is 2.61. The molecule has 0 heterocycles. The van der Waals surface area contributed by atoms with Gasteiger partial charge in [-0.3, -0.25) is 19.2 Å². The number of rotatable bonds is 12. The van der Waals surface area contributed by atoms with Crippen molar-refractivity contribution in [1.29, 1.82) is 0 Å². The van der Waals surface area contributed by atoms with Gasteiger partial charge in [0.2, 0.25) is 12.3 Å². The topological polar surface area (TPSA) is 92.3 Å². The SMILES string of the molecule is CC(C)C[C@@H](C)C(=O)N[C@@H](C)C(=O)C[C@@H](CNC=O)C(=O)C(C)C. The van der Waals surface area contributed by atoms with Crippen LogP contribution in [0.5, 0.6) is 0 Å². The second-order valence-corrected chi connectivity index (χ2v) is 7.21. The molecule has 0 saturated carbocycles. The van der Waals surface area contributed by atoms with Crippen LogP contribution >= 0.6 is 0 Å². The van der Waals surface area contributed by atoms with Crippen LogP contribution in [0, 0.1) is 23.7 Å². The normalized spacial score (nSPS) is 14.8. The lowest BCUT2D eigenvalue weighted by Gasteiger charge is -2.21. The van der Waals surface area contributed by atoms with Crippen LogP contribution in [0.3, 0.4) is 0 Å². The van der Waals surface area contributed by atoms with Crippen LogP contribution in [0.1, 0.15) is 54.4 Å². The maximum atomic E-state index is 12.3. The van der Waals surface area contributed by atoms with E-state index in [1.807, 2.05) is 20.8 Å². The standard InChI is InChI=1S/C18H32N2O4/c1-11(2)7-13(5)18(24)20-14(6)16(22)8-15(9-19-10-21)17(23)12(3)4/h10-15H,7-9H2,1-6H3,(H,19,21)(H,20,24)/t13-,14+,15+/m1/s1. The van der Waals surface area contributed by atoms with E-state index in [0.717, 1.165) is 6.42 Å². The molecular formula is C18H32N2O4. The minimum Gasteiger partial charge on any atom is -0.358 e. The molecule has 0 radical (unpaired) electrons. The zero-order valence-corrected chi connectivity index (χ0v) is 15.7. The van der Waals surface area contributed by atoms with Crippen LogP contribution < -0.4 is 10.6 Å². The molecule has 24 heavy (non-hydrogen) atoms. The van der Waals surface area contributed by atoms with E-state index in [2.05, 4.69) is 10.6 Å². The van der Waals surface area contributed by atoms with Crippen LogP contribution in [0.2, 0.25) is 0 Å². The first-order valence-corrected chi connectivity index (χ1v) is 8.63. The van der Waals surface area contributed by atoms with Crippen LogP contribution in [0.25, 0.3) is 0 Å². The van der Waals surface area contributed by atoms with E-state index in [9.17, 15) is 19.2 Å². The van der Waals surface area contributed by atoms with E-state index in [0.29, 0.717) is 12.3 Å². The van der Waals surface area contributed by atoms with E-state index in [4.69, 9.17) is 0 Å². The van der Waals surface area contributed by atoms with Crippen LogP contribution in [0.15, 0.2) is 0 Å². The molecule has 0 aromatic carbocycles. The number of hydrogen-bond acceptors (Lipinski definition) is 4. The lowest BCUT2D eigenvalue weighted by Crippen LogP contribution is -2.43. The predicted octanol–water partition coefficient (Wildman–Crippen LogP) is 1.72. The molecule has 0 spiro atoms. The minimum atomic E-state index is -0.647. The molecule has 0 fully saturated rings. The molecule has 0 rings (SSSR count). The highest BCUT2D eigenvalue weighted by atomic mass is 16.2.